The van der Waals surface area contributed by atoms with Gasteiger partial charge in [-0.3, -0.25) is 4.90 Å². The molecule has 0 aromatic carbocycles. The molecule has 24 heavy (non-hydrogen) atoms. The summed E-state index contributed by atoms with van der Waals surface area (Å²) in [6.45, 7) is 6.50. The standard InChI is InChI=1S/C17H25IN4O2/c1-16(2,3)17-8-7-11(22(17)15(23)24)9-12(10-17)21(4)14-6-5-13(18)19-20-14/h5-6,11-12H,7-10H2,1-4H3,(H,23,24)/t11-,12-,17+/m0/s1. The van der Waals surface area contributed by atoms with Gasteiger partial charge in [0.2, 0.25) is 0 Å². The first-order valence-corrected chi connectivity index (χ1v) is 9.48. The third-order valence-electron chi connectivity index (χ3n) is 5.96. The van der Waals surface area contributed by atoms with E-state index in [0.29, 0.717) is 0 Å². The molecule has 1 N–H and O–H groups in total. The number of anilines is 1. The normalized spacial score (nSPS) is 29.6. The molecule has 3 rings (SSSR count). The third-order valence-corrected chi connectivity index (χ3v) is 6.54. The van der Waals surface area contributed by atoms with Crippen LogP contribution < -0.4 is 4.90 Å². The number of carboxylic acid groups (broad SMARTS) is 1. The maximum Gasteiger partial charge on any atom is 0.408 e. The molecule has 0 spiro atoms. The fraction of sp³-hybridized carbons (Fsp3) is 0.706. The van der Waals surface area contributed by atoms with Crippen LogP contribution in [0.5, 0.6) is 0 Å². The van der Waals surface area contributed by atoms with Gasteiger partial charge >= 0.3 is 6.09 Å². The van der Waals surface area contributed by atoms with E-state index in [1.54, 1.807) is 4.90 Å². The highest BCUT2D eigenvalue weighted by molar-refractivity contribution is 14.1. The van der Waals surface area contributed by atoms with E-state index in [0.717, 1.165) is 35.2 Å². The molecule has 0 aliphatic carbocycles. The van der Waals surface area contributed by atoms with Crippen LogP contribution in [0.1, 0.15) is 46.5 Å². The second kappa shape index (κ2) is 6.00. The lowest BCUT2D eigenvalue weighted by Crippen LogP contribution is -2.64. The average Bonchev–Trinajstić information content (AvgIpc) is 2.75. The molecule has 132 valence electrons. The largest absolute Gasteiger partial charge is 0.465 e. The van der Waals surface area contributed by atoms with Crippen LogP contribution in [0.3, 0.4) is 0 Å². The summed E-state index contributed by atoms with van der Waals surface area (Å²) in [7, 11) is 2.05. The van der Waals surface area contributed by atoms with Crippen molar-refractivity contribution >= 4 is 34.5 Å². The average molecular weight is 444 g/mol. The minimum Gasteiger partial charge on any atom is -0.465 e. The summed E-state index contributed by atoms with van der Waals surface area (Å²) in [5, 5.41) is 18.3. The van der Waals surface area contributed by atoms with Crippen molar-refractivity contribution in [2.45, 2.75) is 64.1 Å². The molecule has 2 saturated heterocycles. The van der Waals surface area contributed by atoms with Gasteiger partial charge in [-0.1, -0.05) is 20.8 Å². The lowest BCUT2D eigenvalue weighted by molar-refractivity contribution is -0.0204. The van der Waals surface area contributed by atoms with Crippen LogP contribution in [0, 0.1) is 9.12 Å². The summed E-state index contributed by atoms with van der Waals surface area (Å²) in [6, 6.07) is 4.32. The number of aromatic nitrogens is 2. The van der Waals surface area contributed by atoms with Crippen LogP contribution in [0.25, 0.3) is 0 Å². The molecule has 0 unspecified atom stereocenters. The Labute approximate surface area is 156 Å². The Balaban J connectivity index is 1.92. The molecule has 6 nitrogen and oxygen atoms in total. The SMILES string of the molecule is CN(c1ccc(I)nn1)[C@H]1C[C@@H]2CC[C@](C(C)(C)C)(C1)N2C(=O)O. The summed E-state index contributed by atoms with van der Waals surface area (Å²) >= 11 is 2.15. The summed E-state index contributed by atoms with van der Waals surface area (Å²) in [4.78, 5) is 15.9. The summed E-state index contributed by atoms with van der Waals surface area (Å²) < 4.78 is 0.872. The number of nitrogens with zero attached hydrogens (tertiary/aromatic N) is 4. The second-order valence-corrected chi connectivity index (χ2v) is 9.15. The van der Waals surface area contributed by atoms with E-state index in [4.69, 9.17) is 0 Å². The van der Waals surface area contributed by atoms with Gasteiger partial charge in [-0.15, -0.1) is 10.2 Å². The summed E-state index contributed by atoms with van der Waals surface area (Å²) in [5.74, 6) is 0.854. The van der Waals surface area contributed by atoms with Crippen molar-refractivity contribution in [3.63, 3.8) is 0 Å². The van der Waals surface area contributed by atoms with E-state index in [9.17, 15) is 9.90 Å². The monoisotopic (exact) mass is 444 g/mol. The van der Waals surface area contributed by atoms with Crippen molar-refractivity contribution in [2.75, 3.05) is 11.9 Å². The zero-order valence-corrected chi connectivity index (χ0v) is 16.8. The maximum absolute atomic E-state index is 11.9. The number of rotatable bonds is 2. The van der Waals surface area contributed by atoms with E-state index in [-0.39, 0.29) is 23.0 Å². The van der Waals surface area contributed by atoms with Gasteiger partial charge in [-0.05, 0) is 65.8 Å². The van der Waals surface area contributed by atoms with Gasteiger partial charge in [-0.2, -0.15) is 0 Å². The molecule has 2 bridgehead atoms. The number of fused-ring (bicyclic) bond motifs is 2. The van der Waals surface area contributed by atoms with Crippen molar-refractivity contribution in [2.24, 2.45) is 5.41 Å². The molecule has 7 heteroatoms. The van der Waals surface area contributed by atoms with E-state index in [2.05, 4.69) is 58.5 Å². The van der Waals surface area contributed by atoms with E-state index >= 15 is 0 Å². The molecule has 1 aromatic rings. The van der Waals surface area contributed by atoms with Crippen LogP contribution in [0.4, 0.5) is 10.6 Å². The maximum atomic E-state index is 11.9. The van der Waals surface area contributed by atoms with Gasteiger partial charge in [-0.25, -0.2) is 4.79 Å². The quantitative estimate of drug-likeness (QED) is 0.706. The number of hydrogen-bond acceptors (Lipinski definition) is 4. The topological polar surface area (TPSA) is 69.6 Å². The fourth-order valence-electron chi connectivity index (χ4n) is 4.58. The van der Waals surface area contributed by atoms with Crippen molar-refractivity contribution in [1.82, 2.24) is 15.1 Å². The second-order valence-electron chi connectivity index (χ2n) is 8.05. The third kappa shape index (κ3) is 2.74. The highest BCUT2D eigenvalue weighted by Crippen LogP contribution is 2.54. The molecular weight excluding hydrogens is 419 g/mol. The lowest BCUT2D eigenvalue weighted by atomic mass is 9.67. The molecular formula is C17H25IN4O2. The summed E-state index contributed by atoms with van der Waals surface area (Å²) in [6.07, 6.45) is 2.81. The van der Waals surface area contributed by atoms with Gasteiger partial charge in [0.15, 0.2) is 5.82 Å². The van der Waals surface area contributed by atoms with E-state index in [1.165, 1.54) is 0 Å². The lowest BCUT2D eigenvalue weighted by Gasteiger charge is -2.54. The minimum absolute atomic E-state index is 0.0970. The molecule has 3 atom stereocenters. The van der Waals surface area contributed by atoms with E-state index < -0.39 is 6.09 Å². The number of hydrogen-bond donors (Lipinski definition) is 1. The highest BCUT2D eigenvalue weighted by atomic mass is 127. The molecule has 2 fully saturated rings. The fourth-order valence-corrected chi connectivity index (χ4v) is 4.86. The van der Waals surface area contributed by atoms with Gasteiger partial charge in [0.1, 0.15) is 3.70 Å². The van der Waals surface area contributed by atoms with Crippen molar-refractivity contribution < 1.29 is 9.90 Å². The van der Waals surface area contributed by atoms with Crippen LogP contribution in [0.2, 0.25) is 0 Å². The molecule has 0 radical (unpaired) electrons. The van der Waals surface area contributed by atoms with E-state index in [1.807, 2.05) is 19.2 Å². The predicted molar refractivity (Wildman–Crippen MR) is 101 cm³/mol. The first-order valence-electron chi connectivity index (χ1n) is 8.40. The predicted octanol–water partition coefficient (Wildman–Crippen LogP) is 3.61. The van der Waals surface area contributed by atoms with Crippen molar-refractivity contribution in [1.29, 1.82) is 0 Å². The molecule has 0 saturated carbocycles. The summed E-state index contributed by atoms with van der Waals surface area (Å²) in [5.41, 5.74) is -0.408. The molecule has 2 aliphatic heterocycles. The zero-order valence-electron chi connectivity index (χ0n) is 14.7. The Morgan fingerprint density at radius 1 is 1.42 bits per heavy atom. The highest BCUT2D eigenvalue weighted by Gasteiger charge is 2.59. The van der Waals surface area contributed by atoms with Gasteiger partial charge in [0.25, 0.3) is 0 Å². The van der Waals surface area contributed by atoms with Crippen molar-refractivity contribution in [3.05, 3.63) is 15.8 Å². The number of halogens is 1. The van der Waals surface area contributed by atoms with Gasteiger partial charge in [0, 0.05) is 19.1 Å². The Hall–Kier alpha value is -1.12. The van der Waals surface area contributed by atoms with Gasteiger partial charge in [0.05, 0.1) is 5.54 Å². The molecule has 1 amide bonds. The smallest absolute Gasteiger partial charge is 0.408 e. The first kappa shape index (κ1) is 17.7. The zero-order chi connectivity index (χ0) is 17.7. The molecule has 2 aliphatic rings. The number of amides is 1. The number of carbonyl (C=O) groups is 1. The Morgan fingerprint density at radius 3 is 2.67 bits per heavy atom. The van der Waals surface area contributed by atoms with Crippen LogP contribution in [0.15, 0.2) is 12.1 Å². The van der Waals surface area contributed by atoms with Crippen molar-refractivity contribution in [3.8, 4) is 0 Å². The van der Waals surface area contributed by atoms with Crippen LogP contribution >= 0.6 is 22.6 Å². The Kier molecular flexibility index (Phi) is 4.42. The van der Waals surface area contributed by atoms with Crippen LogP contribution in [-0.4, -0.2) is 51.0 Å². The molecule has 3 heterocycles. The first-order chi connectivity index (χ1) is 11.2. The molecule has 1 aromatic heterocycles. The van der Waals surface area contributed by atoms with Crippen LogP contribution in [-0.2, 0) is 0 Å². The Bertz CT molecular complexity index is 630. The Morgan fingerprint density at radius 2 is 2.12 bits per heavy atom. The minimum atomic E-state index is -0.775. The number of piperidine rings is 1. The van der Waals surface area contributed by atoms with Gasteiger partial charge < -0.3 is 10.0 Å².